The molecule has 8 nitrogen and oxygen atoms in total. The van der Waals surface area contributed by atoms with E-state index in [4.69, 9.17) is 9.47 Å². The third-order valence-corrected chi connectivity index (χ3v) is 4.82. The zero-order chi connectivity index (χ0) is 21.8. The summed E-state index contributed by atoms with van der Waals surface area (Å²) in [6.45, 7) is 5.83. The van der Waals surface area contributed by atoms with Gasteiger partial charge >= 0.3 is 5.97 Å². The minimum absolute atomic E-state index is 0.0209. The SMILES string of the molecule is CCCCOC(=O)CC1C(=O)NCCN1C(=O)CNc1cccc(OCCCC)c1. The summed E-state index contributed by atoms with van der Waals surface area (Å²) >= 11 is 0. The van der Waals surface area contributed by atoms with E-state index in [1.165, 1.54) is 4.90 Å². The Morgan fingerprint density at radius 3 is 2.73 bits per heavy atom. The molecule has 1 aromatic carbocycles. The van der Waals surface area contributed by atoms with E-state index in [1.807, 2.05) is 31.2 Å². The fourth-order valence-corrected chi connectivity index (χ4v) is 3.07. The first-order chi connectivity index (χ1) is 14.5. The summed E-state index contributed by atoms with van der Waals surface area (Å²) in [6.07, 6.45) is 3.59. The molecular formula is C22H33N3O5. The molecule has 0 aliphatic carbocycles. The van der Waals surface area contributed by atoms with E-state index in [1.54, 1.807) is 0 Å². The van der Waals surface area contributed by atoms with Gasteiger partial charge in [-0.25, -0.2) is 0 Å². The van der Waals surface area contributed by atoms with Gasteiger partial charge in [0.05, 0.1) is 26.2 Å². The lowest BCUT2D eigenvalue weighted by Crippen LogP contribution is -2.58. The number of amides is 2. The number of rotatable bonds is 12. The molecule has 2 N–H and O–H groups in total. The molecule has 1 aliphatic heterocycles. The van der Waals surface area contributed by atoms with Crippen LogP contribution in [0.2, 0.25) is 0 Å². The first kappa shape index (κ1) is 23.5. The smallest absolute Gasteiger partial charge is 0.308 e. The number of unbranched alkanes of at least 4 members (excludes halogenated alkanes) is 2. The van der Waals surface area contributed by atoms with Crippen molar-refractivity contribution in [1.82, 2.24) is 10.2 Å². The maximum Gasteiger partial charge on any atom is 0.308 e. The zero-order valence-corrected chi connectivity index (χ0v) is 17.9. The molecular weight excluding hydrogens is 386 g/mol. The van der Waals surface area contributed by atoms with Crippen LogP contribution in [0.3, 0.4) is 0 Å². The quantitative estimate of drug-likeness (QED) is 0.399. The summed E-state index contributed by atoms with van der Waals surface area (Å²) in [5, 5.41) is 5.80. The normalized spacial score (nSPS) is 16.0. The molecule has 0 spiro atoms. The van der Waals surface area contributed by atoms with Gasteiger partial charge in [0.25, 0.3) is 0 Å². The van der Waals surface area contributed by atoms with Crippen LogP contribution in [0.1, 0.15) is 46.0 Å². The van der Waals surface area contributed by atoms with Crippen LogP contribution >= 0.6 is 0 Å². The Bertz CT molecular complexity index is 710. The van der Waals surface area contributed by atoms with Crippen molar-refractivity contribution < 1.29 is 23.9 Å². The number of carbonyl (C=O) groups excluding carboxylic acids is 3. The van der Waals surface area contributed by atoms with Gasteiger partial charge in [0.1, 0.15) is 11.8 Å². The summed E-state index contributed by atoms with van der Waals surface area (Å²) in [5.74, 6) is -0.291. The number of hydrogen-bond acceptors (Lipinski definition) is 6. The van der Waals surface area contributed by atoms with Gasteiger partial charge in [-0.2, -0.15) is 0 Å². The number of anilines is 1. The molecule has 2 rings (SSSR count). The second-order valence-electron chi connectivity index (χ2n) is 7.26. The lowest BCUT2D eigenvalue weighted by molar-refractivity contribution is -0.151. The third kappa shape index (κ3) is 7.57. The third-order valence-electron chi connectivity index (χ3n) is 4.82. The molecule has 1 aliphatic rings. The molecule has 1 unspecified atom stereocenters. The molecule has 30 heavy (non-hydrogen) atoms. The summed E-state index contributed by atoms with van der Waals surface area (Å²) in [6, 6.07) is 6.58. The van der Waals surface area contributed by atoms with E-state index >= 15 is 0 Å². The van der Waals surface area contributed by atoms with Gasteiger partial charge in [-0.1, -0.05) is 32.8 Å². The number of ether oxygens (including phenoxy) is 2. The van der Waals surface area contributed by atoms with Crippen LogP contribution in [0.15, 0.2) is 24.3 Å². The van der Waals surface area contributed by atoms with Crippen LogP contribution in [0.4, 0.5) is 5.69 Å². The van der Waals surface area contributed by atoms with Crippen molar-refractivity contribution in [1.29, 1.82) is 0 Å². The van der Waals surface area contributed by atoms with Crippen LogP contribution in [-0.4, -0.2) is 61.6 Å². The number of benzene rings is 1. The summed E-state index contributed by atoms with van der Waals surface area (Å²) in [4.78, 5) is 38.5. The first-order valence-electron chi connectivity index (χ1n) is 10.7. The second kappa shape index (κ2) is 12.7. The molecule has 1 atom stereocenters. The molecule has 2 amide bonds. The number of hydrogen-bond donors (Lipinski definition) is 2. The maximum absolute atomic E-state index is 12.8. The van der Waals surface area contributed by atoms with Crippen molar-refractivity contribution >= 4 is 23.5 Å². The van der Waals surface area contributed by atoms with E-state index < -0.39 is 12.0 Å². The van der Waals surface area contributed by atoms with Crippen LogP contribution in [0.5, 0.6) is 5.75 Å². The van der Waals surface area contributed by atoms with Crippen molar-refractivity contribution in [2.45, 2.75) is 52.0 Å². The predicted octanol–water partition coefficient (Wildman–Crippen LogP) is 2.34. The van der Waals surface area contributed by atoms with Crippen molar-refractivity contribution in [3.05, 3.63) is 24.3 Å². The highest BCUT2D eigenvalue weighted by molar-refractivity contribution is 5.93. The number of carbonyl (C=O) groups is 3. The fraction of sp³-hybridized carbons (Fsp3) is 0.591. The van der Waals surface area contributed by atoms with Gasteiger partial charge in [0.15, 0.2) is 0 Å². The minimum Gasteiger partial charge on any atom is -0.494 e. The Labute approximate surface area is 178 Å². The molecule has 1 heterocycles. The summed E-state index contributed by atoms with van der Waals surface area (Å²) < 4.78 is 10.8. The Hall–Kier alpha value is -2.77. The number of nitrogens with one attached hydrogen (secondary N) is 2. The van der Waals surface area contributed by atoms with E-state index in [0.717, 1.165) is 37.1 Å². The van der Waals surface area contributed by atoms with E-state index in [-0.39, 0.29) is 24.8 Å². The molecule has 0 bridgehead atoms. The van der Waals surface area contributed by atoms with Gasteiger partial charge in [0, 0.05) is 24.8 Å². The first-order valence-corrected chi connectivity index (χ1v) is 10.7. The van der Waals surface area contributed by atoms with Crippen molar-refractivity contribution in [2.24, 2.45) is 0 Å². The van der Waals surface area contributed by atoms with Crippen LogP contribution < -0.4 is 15.4 Å². The van der Waals surface area contributed by atoms with Crippen LogP contribution in [0, 0.1) is 0 Å². The predicted molar refractivity (Wildman–Crippen MR) is 114 cm³/mol. The Morgan fingerprint density at radius 2 is 1.97 bits per heavy atom. The molecule has 166 valence electrons. The highest BCUT2D eigenvalue weighted by Crippen LogP contribution is 2.18. The average Bonchev–Trinajstić information content (AvgIpc) is 2.74. The van der Waals surface area contributed by atoms with Gasteiger partial charge < -0.3 is 25.0 Å². The zero-order valence-electron chi connectivity index (χ0n) is 17.9. The van der Waals surface area contributed by atoms with E-state index in [0.29, 0.717) is 26.3 Å². The van der Waals surface area contributed by atoms with Crippen molar-refractivity contribution in [2.75, 3.05) is 38.2 Å². The number of esters is 1. The molecule has 1 aromatic rings. The van der Waals surface area contributed by atoms with Crippen molar-refractivity contribution in [3.63, 3.8) is 0 Å². The fourth-order valence-electron chi connectivity index (χ4n) is 3.07. The van der Waals surface area contributed by atoms with Gasteiger partial charge in [0.2, 0.25) is 11.8 Å². The van der Waals surface area contributed by atoms with E-state index in [2.05, 4.69) is 17.6 Å². The molecule has 0 saturated carbocycles. The molecule has 1 saturated heterocycles. The Morgan fingerprint density at radius 1 is 1.20 bits per heavy atom. The van der Waals surface area contributed by atoms with Crippen LogP contribution in [0.25, 0.3) is 0 Å². The average molecular weight is 420 g/mol. The summed E-state index contributed by atoms with van der Waals surface area (Å²) in [5.41, 5.74) is 0.759. The topological polar surface area (TPSA) is 97.0 Å². The maximum atomic E-state index is 12.8. The Balaban J connectivity index is 1.91. The molecule has 0 aromatic heterocycles. The number of piperazine rings is 1. The van der Waals surface area contributed by atoms with Gasteiger partial charge in [-0.3, -0.25) is 14.4 Å². The standard InChI is InChI=1S/C22H33N3O5/c1-3-5-12-29-18-9-7-8-17(14-18)24-16-20(26)25-11-10-23-22(28)19(25)15-21(27)30-13-6-4-2/h7-9,14,19,24H,3-6,10-13,15-16H2,1-2H3,(H,23,28). The highest BCUT2D eigenvalue weighted by Gasteiger charge is 2.34. The second-order valence-corrected chi connectivity index (χ2v) is 7.26. The van der Waals surface area contributed by atoms with Gasteiger partial charge in [-0.15, -0.1) is 0 Å². The van der Waals surface area contributed by atoms with Crippen LogP contribution in [-0.2, 0) is 19.1 Å². The lowest BCUT2D eigenvalue weighted by atomic mass is 10.1. The van der Waals surface area contributed by atoms with Crippen molar-refractivity contribution in [3.8, 4) is 5.75 Å². The highest BCUT2D eigenvalue weighted by atomic mass is 16.5. The summed E-state index contributed by atoms with van der Waals surface area (Å²) in [7, 11) is 0. The minimum atomic E-state index is -0.842. The Kier molecular flexibility index (Phi) is 9.97. The monoisotopic (exact) mass is 419 g/mol. The lowest BCUT2D eigenvalue weighted by Gasteiger charge is -2.34. The largest absolute Gasteiger partial charge is 0.494 e. The van der Waals surface area contributed by atoms with Gasteiger partial charge in [-0.05, 0) is 25.0 Å². The van der Waals surface area contributed by atoms with E-state index in [9.17, 15) is 14.4 Å². The molecule has 1 fully saturated rings. The molecule has 0 radical (unpaired) electrons. The number of nitrogens with zero attached hydrogens (tertiary/aromatic N) is 1. The molecule has 8 heteroatoms.